The van der Waals surface area contributed by atoms with Crippen LogP contribution in [-0.2, 0) is 4.79 Å². The number of hydrogen-bond acceptors (Lipinski definition) is 7. The van der Waals surface area contributed by atoms with Gasteiger partial charge in [-0.25, -0.2) is 15.0 Å². The monoisotopic (exact) mass is 438 g/mol. The van der Waals surface area contributed by atoms with E-state index in [1.54, 1.807) is 18.6 Å². The number of nitrogens with zero attached hydrogens (tertiary/aromatic N) is 6. The fourth-order valence-corrected chi connectivity index (χ4v) is 4.20. The second-order valence-corrected chi connectivity index (χ2v) is 8.37. The van der Waals surface area contributed by atoms with Gasteiger partial charge in [-0.1, -0.05) is 18.7 Å². The maximum atomic E-state index is 13.1. The number of aromatic nitrogens is 3. The molecule has 1 atom stereocenters. The Morgan fingerprint density at radius 3 is 2.97 bits per heavy atom. The normalized spacial score (nSPS) is 19.9. The molecule has 1 amide bonds. The molecule has 0 radical (unpaired) electrons. The van der Waals surface area contributed by atoms with Crippen LogP contribution in [0.5, 0.6) is 0 Å². The van der Waals surface area contributed by atoms with Gasteiger partial charge in [-0.3, -0.25) is 14.8 Å². The number of hydrazone groups is 1. The van der Waals surface area contributed by atoms with Crippen LogP contribution >= 0.6 is 0 Å². The molecule has 0 bridgehead atoms. The highest BCUT2D eigenvalue weighted by atomic mass is 16.1. The van der Waals surface area contributed by atoms with E-state index in [4.69, 9.17) is 0 Å². The quantitative estimate of drug-likeness (QED) is 0.637. The molecule has 3 aromatic rings. The Labute approximate surface area is 190 Å². The molecule has 2 aliphatic heterocycles. The first-order valence-corrected chi connectivity index (χ1v) is 10.9. The van der Waals surface area contributed by atoms with Gasteiger partial charge in [0.15, 0.2) is 5.65 Å². The van der Waals surface area contributed by atoms with E-state index in [9.17, 15) is 4.79 Å². The predicted octanol–water partition coefficient (Wildman–Crippen LogP) is 3.28. The summed E-state index contributed by atoms with van der Waals surface area (Å²) in [6, 6.07) is 12.1. The largest absolute Gasteiger partial charge is 0.333 e. The maximum Gasteiger partial charge on any atom is 0.274 e. The minimum atomic E-state index is -0.294. The van der Waals surface area contributed by atoms with E-state index >= 15 is 0 Å². The number of dihydropyridines is 1. The summed E-state index contributed by atoms with van der Waals surface area (Å²) >= 11 is 0. The number of fused-ring (bicyclic) bond motifs is 1. The van der Waals surface area contributed by atoms with E-state index in [1.807, 2.05) is 47.3 Å². The van der Waals surface area contributed by atoms with Gasteiger partial charge in [0.2, 0.25) is 0 Å². The van der Waals surface area contributed by atoms with E-state index in [-0.39, 0.29) is 12.1 Å². The minimum absolute atomic E-state index is 0.0188. The van der Waals surface area contributed by atoms with Gasteiger partial charge < -0.3 is 10.2 Å². The molecule has 9 heteroatoms. The number of imidazole rings is 1. The molecule has 1 aromatic carbocycles. The number of anilines is 1. The summed E-state index contributed by atoms with van der Waals surface area (Å²) in [5.74, 6) is -0.294. The zero-order valence-electron chi connectivity index (χ0n) is 17.8. The van der Waals surface area contributed by atoms with Crippen molar-refractivity contribution in [3.8, 4) is 0 Å². The van der Waals surface area contributed by atoms with Crippen LogP contribution in [0.4, 0.5) is 5.69 Å². The van der Waals surface area contributed by atoms with Crippen molar-refractivity contribution in [3.05, 3.63) is 72.8 Å². The van der Waals surface area contributed by atoms with E-state index in [1.165, 1.54) is 12.8 Å². The third-order valence-electron chi connectivity index (χ3n) is 5.93. The lowest BCUT2D eigenvalue weighted by atomic mass is 10.1. The van der Waals surface area contributed by atoms with Gasteiger partial charge >= 0.3 is 0 Å². The number of allylic oxidation sites excluding steroid dienone is 1. The van der Waals surface area contributed by atoms with Gasteiger partial charge in [0.25, 0.3) is 5.91 Å². The molecule has 2 N–H and O–H groups in total. The minimum Gasteiger partial charge on any atom is -0.333 e. The van der Waals surface area contributed by atoms with Crippen LogP contribution in [0.25, 0.3) is 16.9 Å². The van der Waals surface area contributed by atoms with E-state index < -0.39 is 0 Å². The SMILES string of the molecule is C=C1CC(n2cnc3cccnc32)=CC(C(=O)Nc2cccc(C3NN=CN3C3CC3)c2)=N1. The number of amides is 1. The summed E-state index contributed by atoms with van der Waals surface area (Å²) < 4.78 is 1.88. The second kappa shape index (κ2) is 7.70. The number of hydrogen-bond donors (Lipinski definition) is 2. The molecular formula is C24H22N8O. The Morgan fingerprint density at radius 1 is 1.18 bits per heavy atom. The average molecular weight is 438 g/mol. The molecule has 1 aliphatic carbocycles. The van der Waals surface area contributed by atoms with E-state index in [0.29, 0.717) is 29.6 Å². The van der Waals surface area contributed by atoms with Crippen molar-refractivity contribution in [2.75, 3.05) is 5.32 Å². The van der Waals surface area contributed by atoms with Crippen LogP contribution < -0.4 is 10.7 Å². The zero-order valence-corrected chi connectivity index (χ0v) is 17.8. The van der Waals surface area contributed by atoms with Gasteiger partial charge in [-0.15, -0.1) is 0 Å². The van der Waals surface area contributed by atoms with Crippen LogP contribution in [-0.4, -0.2) is 43.4 Å². The lowest BCUT2D eigenvalue weighted by Crippen LogP contribution is -2.30. The van der Waals surface area contributed by atoms with Crippen LogP contribution in [0, 0.1) is 0 Å². The smallest absolute Gasteiger partial charge is 0.274 e. The molecule has 1 unspecified atom stereocenters. The Hall–Kier alpha value is -4.27. The summed E-state index contributed by atoms with van der Waals surface area (Å²) in [6.45, 7) is 4.00. The Bertz CT molecular complexity index is 1360. The van der Waals surface area contributed by atoms with Crippen molar-refractivity contribution < 1.29 is 4.79 Å². The number of carbonyl (C=O) groups is 1. The second-order valence-electron chi connectivity index (χ2n) is 8.37. The molecule has 9 nitrogen and oxygen atoms in total. The molecule has 164 valence electrons. The number of nitrogens with one attached hydrogen (secondary N) is 2. The van der Waals surface area contributed by atoms with E-state index in [2.05, 4.69) is 42.3 Å². The van der Waals surface area contributed by atoms with Gasteiger partial charge in [0, 0.05) is 35.7 Å². The first-order chi connectivity index (χ1) is 16.2. The summed E-state index contributed by atoms with van der Waals surface area (Å²) in [7, 11) is 0. The van der Waals surface area contributed by atoms with Crippen LogP contribution in [0.2, 0.25) is 0 Å². The third kappa shape index (κ3) is 3.67. The van der Waals surface area contributed by atoms with Gasteiger partial charge in [0.1, 0.15) is 30.1 Å². The lowest BCUT2D eigenvalue weighted by Gasteiger charge is -2.24. The van der Waals surface area contributed by atoms with Crippen LogP contribution in [0.3, 0.4) is 0 Å². The summed E-state index contributed by atoms with van der Waals surface area (Å²) in [5.41, 5.74) is 8.17. The fourth-order valence-electron chi connectivity index (χ4n) is 4.20. The highest BCUT2D eigenvalue weighted by molar-refractivity contribution is 6.48. The Kier molecular flexibility index (Phi) is 4.53. The molecule has 1 saturated carbocycles. The van der Waals surface area contributed by atoms with Gasteiger partial charge in [-0.05, 0) is 48.7 Å². The number of benzene rings is 1. The van der Waals surface area contributed by atoms with Crippen molar-refractivity contribution in [1.29, 1.82) is 0 Å². The molecule has 33 heavy (non-hydrogen) atoms. The Balaban J connectivity index is 1.24. The van der Waals surface area contributed by atoms with E-state index in [0.717, 1.165) is 22.4 Å². The lowest BCUT2D eigenvalue weighted by molar-refractivity contribution is -0.110. The number of pyridine rings is 1. The van der Waals surface area contributed by atoms with Crippen molar-refractivity contribution in [2.45, 2.75) is 31.5 Å². The van der Waals surface area contributed by atoms with Crippen molar-refractivity contribution >= 4 is 40.5 Å². The third-order valence-corrected chi connectivity index (χ3v) is 5.93. The molecule has 0 saturated heterocycles. The number of rotatable bonds is 5. The van der Waals surface area contributed by atoms with Crippen molar-refractivity contribution in [3.63, 3.8) is 0 Å². The standard InChI is InChI=1S/C24H22N8O/c1-15-10-19(31-13-26-20-6-3-9-25-23(20)31)12-21(28-15)24(33)29-17-5-2-4-16(11-17)22-30-27-14-32(22)18-7-8-18/h2-6,9,11-14,18,22,30H,1,7-8,10H2,(H,29,33). The molecule has 4 heterocycles. The highest BCUT2D eigenvalue weighted by Crippen LogP contribution is 2.34. The molecule has 6 rings (SSSR count). The maximum absolute atomic E-state index is 13.1. The molecule has 0 spiro atoms. The van der Waals surface area contributed by atoms with Crippen molar-refractivity contribution in [1.82, 2.24) is 24.9 Å². The summed E-state index contributed by atoms with van der Waals surface area (Å²) in [4.78, 5) is 28.5. The average Bonchev–Trinajstić information content (AvgIpc) is 3.39. The fraction of sp³-hybridized carbons (Fsp3) is 0.208. The van der Waals surface area contributed by atoms with Crippen LogP contribution in [0.15, 0.2) is 77.4 Å². The van der Waals surface area contributed by atoms with Crippen molar-refractivity contribution in [2.24, 2.45) is 10.1 Å². The zero-order chi connectivity index (χ0) is 22.4. The summed E-state index contributed by atoms with van der Waals surface area (Å²) in [6.07, 6.45) is 9.92. The topological polar surface area (TPSA) is 99.8 Å². The molecule has 3 aliphatic rings. The number of aliphatic imine (C=N–C) groups is 1. The van der Waals surface area contributed by atoms with Crippen LogP contribution in [0.1, 0.15) is 31.0 Å². The number of carbonyl (C=O) groups excluding carboxylic acids is 1. The van der Waals surface area contributed by atoms with Gasteiger partial charge in [-0.2, -0.15) is 5.10 Å². The molecule has 2 aromatic heterocycles. The first-order valence-electron chi connectivity index (χ1n) is 10.9. The molecule has 1 fully saturated rings. The Morgan fingerprint density at radius 2 is 2.09 bits per heavy atom. The highest BCUT2D eigenvalue weighted by Gasteiger charge is 2.35. The molecular weight excluding hydrogens is 416 g/mol. The predicted molar refractivity (Wildman–Crippen MR) is 127 cm³/mol. The van der Waals surface area contributed by atoms with Gasteiger partial charge in [0.05, 0.1) is 0 Å². The summed E-state index contributed by atoms with van der Waals surface area (Å²) in [5, 5.41) is 7.20. The first kappa shape index (κ1) is 19.4.